The molecular weight excluding hydrogens is 285 g/mol. The second-order valence-corrected chi connectivity index (χ2v) is 4.12. The number of rotatable bonds is 4. The van der Waals surface area contributed by atoms with Gasteiger partial charge < -0.3 is 20.0 Å². The van der Waals surface area contributed by atoms with Crippen molar-refractivity contribution < 1.29 is 24.0 Å². The van der Waals surface area contributed by atoms with Gasteiger partial charge in [-0.25, -0.2) is 9.18 Å². The summed E-state index contributed by atoms with van der Waals surface area (Å²) in [5.41, 5.74) is -0.703. The van der Waals surface area contributed by atoms with Gasteiger partial charge in [0.15, 0.2) is 0 Å². The normalized spacial score (nSPS) is 10.4. The molecule has 0 saturated carbocycles. The van der Waals surface area contributed by atoms with Crippen molar-refractivity contribution in [3.63, 3.8) is 0 Å². The fourth-order valence-electron chi connectivity index (χ4n) is 1.71. The average molecular weight is 295 g/mol. The summed E-state index contributed by atoms with van der Waals surface area (Å²) in [6, 6.07) is 3.41. The second kappa shape index (κ2) is 5.19. The highest BCUT2D eigenvalue weighted by Gasteiger charge is 2.28. The number of aryl methyl sites for hydroxylation is 1. The van der Waals surface area contributed by atoms with E-state index in [2.05, 4.69) is 4.98 Å². The lowest BCUT2D eigenvalue weighted by Crippen LogP contribution is -2.05. The molecular formula is C12H10FN3O5. The Kier molecular flexibility index (Phi) is 3.57. The lowest BCUT2D eigenvalue weighted by Gasteiger charge is -2.09. The number of hydrogen-bond acceptors (Lipinski definition) is 5. The summed E-state index contributed by atoms with van der Waals surface area (Å²) in [6.07, 6.45) is 0. The molecule has 2 aromatic rings. The van der Waals surface area contributed by atoms with Crippen LogP contribution in [-0.4, -0.2) is 25.6 Å². The van der Waals surface area contributed by atoms with E-state index in [-0.39, 0.29) is 11.6 Å². The predicted octanol–water partition coefficient (Wildman–Crippen LogP) is 2.27. The number of carboxylic acids is 1. The van der Waals surface area contributed by atoms with E-state index in [4.69, 9.17) is 9.84 Å². The molecule has 0 saturated heterocycles. The van der Waals surface area contributed by atoms with Crippen LogP contribution in [0.25, 0.3) is 0 Å². The van der Waals surface area contributed by atoms with E-state index in [1.165, 1.54) is 30.7 Å². The van der Waals surface area contributed by atoms with E-state index in [9.17, 15) is 19.3 Å². The largest absolute Gasteiger partial charge is 0.477 e. The number of aromatic nitrogens is 2. The maximum absolute atomic E-state index is 13.6. The van der Waals surface area contributed by atoms with E-state index in [1.54, 1.807) is 0 Å². The standard InChI is InChI=1S/C12H10FN3O5/c1-6-14-10(16(19)20)11(15(6)2)21-8-5-3-4-7(13)9(8)12(17)18/h3-5H,1-2H3,(H,17,18). The summed E-state index contributed by atoms with van der Waals surface area (Å²) in [6.45, 7) is 1.52. The van der Waals surface area contributed by atoms with Crippen molar-refractivity contribution >= 4 is 11.8 Å². The van der Waals surface area contributed by atoms with Gasteiger partial charge in [-0.05, 0) is 22.0 Å². The van der Waals surface area contributed by atoms with Crippen LogP contribution in [0.1, 0.15) is 16.2 Å². The van der Waals surface area contributed by atoms with E-state index in [1.807, 2.05) is 0 Å². The molecule has 9 heteroatoms. The first-order valence-electron chi connectivity index (χ1n) is 5.70. The van der Waals surface area contributed by atoms with Gasteiger partial charge in [0.1, 0.15) is 17.1 Å². The third-order valence-corrected chi connectivity index (χ3v) is 2.82. The Morgan fingerprint density at radius 1 is 1.52 bits per heavy atom. The molecule has 110 valence electrons. The summed E-state index contributed by atoms with van der Waals surface area (Å²) in [5.74, 6) is -3.43. The van der Waals surface area contributed by atoms with Gasteiger partial charge in [0.05, 0.1) is 0 Å². The van der Waals surface area contributed by atoms with Crippen LogP contribution in [-0.2, 0) is 7.05 Å². The summed E-state index contributed by atoms with van der Waals surface area (Å²) in [7, 11) is 1.46. The zero-order chi connectivity index (χ0) is 15.7. The minimum absolute atomic E-state index is 0.273. The van der Waals surface area contributed by atoms with Gasteiger partial charge in [-0.1, -0.05) is 6.07 Å². The molecule has 0 aliphatic heterocycles. The number of aromatic carboxylic acids is 1. The SMILES string of the molecule is Cc1nc([N+](=O)[O-])c(Oc2cccc(F)c2C(=O)O)n1C. The van der Waals surface area contributed by atoms with Gasteiger partial charge in [-0.2, -0.15) is 0 Å². The molecule has 0 aliphatic rings. The molecule has 0 atom stereocenters. The number of imidazole rings is 1. The number of ether oxygens (including phenoxy) is 1. The predicted molar refractivity (Wildman–Crippen MR) is 68.0 cm³/mol. The molecule has 0 radical (unpaired) electrons. The van der Waals surface area contributed by atoms with Crippen molar-refractivity contribution in [2.24, 2.45) is 7.05 Å². The van der Waals surface area contributed by atoms with Gasteiger partial charge in [0, 0.05) is 14.0 Å². The Hall–Kier alpha value is -2.97. The monoisotopic (exact) mass is 295 g/mol. The van der Waals surface area contributed by atoms with E-state index in [0.717, 1.165) is 6.07 Å². The number of carboxylic acid groups (broad SMARTS) is 1. The van der Waals surface area contributed by atoms with Crippen molar-refractivity contribution in [1.29, 1.82) is 0 Å². The maximum Gasteiger partial charge on any atom is 0.427 e. The van der Waals surface area contributed by atoms with E-state index in [0.29, 0.717) is 5.82 Å². The molecule has 1 N–H and O–H groups in total. The first-order valence-corrected chi connectivity index (χ1v) is 5.70. The number of hydrogen-bond donors (Lipinski definition) is 1. The molecule has 0 unspecified atom stereocenters. The summed E-state index contributed by atoms with van der Waals surface area (Å²) < 4.78 is 20.1. The molecule has 1 aromatic carbocycles. The maximum atomic E-state index is 13.6. The topological polar surface area (TPSA) is 107 Å². The van der Waals surface area contributed by atoms with Gasteiger partial charge in [0.2, 0.25) is 5.82 Å². The second-order valence-electron chi connectivity index (χ2n) is 4.12. The van der Waals surface area contributed by atoms with Crippen LogP contribution >= 0.6 is 0 Å². The third kappa shape index (κ3) is 2.53. The quantitative estimate of drug-likeness (QED) is 0.684. The van der Waals surface area contributed by atoms with E-state index >= 15 is 0 Å². The molecule has 1 aromatic heterocycles. The minimum atomic E-state index is -1.54. The molecule has 0 aliphatic carbocycles. The zero-order valence-corrected chi connectivity index (χ0v) is 11.0. The molecule has 8 nitrogen and oxygen atoms in total. The average Bonchev–Trinajstić information content (AvgIpc) is 2.67. The highest BCUT2D eigenvalue weighted by Crippen LogP contribution is 2.33. The van der Waals surface area contributed by atoms with Crippen LogP contribution < -0.4 is 4.74 Å². The molecule has 2 rings (SSSR count). The number of nitro groups is 1. The number of halogens is 1. The Morgan fingerprint density at radius 3 is 2.76 bits per heavy atom. The third-order valence-electron chi connectivity index (χ3n) is 2.82. The highest BCUT2D eigenvalue weighted by atomic mass is 19.1. The van der Waals surface area contributed by atoms with Gasteiger partial charge >= 0.3 is 17.7 Å². The molecule has 0 fully saturated rings. The summed E-state index contributed by atoms with van der Waals surface area (Å²) >= 11 is 0. The zero-order valence-electron chi connectivity index (χ0n) is 11.0. The van der Waals surface area contributed by atoms with Gasteiger partial charge in [-0.3, -0.25) is 4.57 Å². The first kappa shape index (κ1) is 14.4. The molecule has 0 amide bonds. The van der Waals surface area contributed by atoms with Crippen molar-refractivity contribution in [3.8, 4) is 11.6 Å². The number of carbonyl (C=O) groups is 1. The van der Waals surface area contributed by atoms with Crippen LogP contribution in [0.4, 0.5) is 10.2 Å². The fraction of sp³-hybridized carbons (Fsp3) is 0.167. The summed E-state index contributed by atoms with van der Waals surface area (Å²) in [4.78, 5) is 24.9. The Balaban J connectivity index is 2.56. The lowest BCUT2D eigenvalue weighted by molar-refractivity contribution is -0.390. The smallest absolute Gasteiger partial charge is 0.427 e. The lowest BCUT2D eigenvalue weighted by atomic mass is 10.2. The minimum Gasteiger partial charge on any atom is -0.477 e. The summed E-state index contributed by atoms with van der Waals surface area (Å²) in [5, 5.41) is 19.9. The molecule has 0 bridgehead atoms. The van der Waals surface area contributed by atoms with Crippen LogP contribution in [0.5, 0.6) is 11.6 Å². The van der Waals surface area contributed by atoms with Crippen LogP contribution in [0, 0.1) is 22.9 Å². The Morgan fingerprint density at radius 2 is 2.19 bits per heavy atom. The van der Waals surface area contributed by atoms with Crippen LogP contribution in [0.15, 0.2) is 18.2 Å². The van der Waals surface area contributed by atoms with Gasteiger partial charge in [0.25, 0.3) is 0 Å². The van der Waals surface area contributed by atoms with Gasteiger partial charge in [-0.15, -0.1) is 0 Å². The molecule has 0 spiro atoms. The first-order chi connectivity index (χ1) is 9.82. The van der Waals surface area contributed by atoms with Crippen molar-refractivity contribution in [1.82, 2.24) is 9.55 Å². The Labute approximate surface area is 117 Å². The number of benzene rings is 1. The van der Waals surface area contributed by atoms with Crippen LogP contribution in [0.3, 0.4) is 0 Å². The molecule has 21 heavy (non-hydrogen) atoms. The Bertz CT molecular complexity index is 741. The van der Waals surface area contributed by atoms with E-state index < -0.39 is 28.1 Å². The highest BCUT2D eigenvalue weighted by molar-refractivity contribution is 5.91. The van der Waals surface area contributed by atoms with Crippen LogP contribution in [0.2, 0.25) is 0 Å². The van der Waals surface area contributed by atoms with Crippen molar-refractivity contribution in [2.75, 3.05) is 0 Å². The van der Waals surface area contributed by atoms with Crippen molar-refractivity contribution in [3.05, 3.63) is 45.5 Å². The van der Waals surface area contributed by atoms with Crippen molar-refractivity contribution in [2.45, 2.75) is 6.92 Å². The fourth-order valence-corrected chi connectivity index (χ4v) is 1.71. The number of nitrogens with zero attached hydrogens (tertiary/aromatic N) is 3. The molecule has 1 heterocycles.